The summed E-state index contributed by atoms with van der Waals surface area (Å²) >= 11 is 0. The molecule has 1 N–H and O–H groups in total. The van der Waals surface area contributed by atoms with E-state index >= 15 is 0 Å². The van der Waals surface area contributed by atoms with Gasteiger partial charge in [-0.15, -0.1) is 0 Å². The molecule has 2 aliphatic rings. The molecule has 1 saturated heterocycles. The maximum atomic E-state index is 11.8. The van der Waals surface area contributed by atoms with E-state index < -0.39 is 11.4 Å². The molecule has 0 bridgehead atoms. The molecule has 0 unspecified atom stereocenters. The lowest BCUT2D eigenvalue weighted by Crippen LogP contribution is -2.44. The van der Waals surface area contributed by atoms with Gasteiger partial charge in [-0.1, -0.05) is 25.0 Å². The Morgan fingerprint density at radius 2 is 1.81 bits per heavy atom. The van der Waals surface area contributed by atoms with Gasteiger partial charge in [0.05, 0.1) is 5.41 Å². The second-order valence-electron chi connectivity index (χ2n) is 6.44. The average molecular weight is 288 g/mol. The predicted octanol–water partition coefficient (Wildman–Crippen LogP) is 2.33. The molecule has 1 heterocycles. The Morgan fingerprint density at radius 3 is 2.43 bits per heavy atom. The van der Waals surface area contributed by atoms with Crippen LogP contribution in [0.2, 0.25) is 0 Å². The molecule has 1 saturated carbocycles. The van der Waals surface area contributed by atoms with Crippen LogP contribution in [-0.4, -0.2) is 49.2 Å². The minimum Gasteiger partial charge on any atom is -0.481 e. The summed E-state index contributed by atoms with van der Waals surface area (Å²) in [5, 5.41) is 9.73. The Morgan fingerprint density at radius 1 is 1.14 bits per heavy atom. The fourth-order valence-electron chi connectivity index (χ4n) is 3.67. The first-order valence-corrected chi connectivity index (χ1v) is 7.89. The monoisotopic (exact) mass is 288 g/mol. The van der Waals surface area contributed by atoms with Crippen molar-refractivity contribution >= 4 is 11.7 Å². The number of anilines is 1. The molecule has 3 rings (SSSR count). The number of benzene rings is 1. The van der Waals surface area contributed by atoms with Gasteiger partial charge in [-0.3, -0.25) is 4.79 Å². The van der Waals surface area contributed by atoms with E-state index in [2.05, 4.69) is 29.0 Å². The summed E-state index contributed by atoms with van der Waals surface area (Å²) in [6.07, 6.45) is 3.58. The molecule has 0 atom stereocenters. The van der Waals surface area contributed by atoms with Crippen molar-refractivity contribution in [3.05, 3.63) is 29.8 Å². The zero-order valence-corrected chi connectivity index (χ0v) is 12.7. The van der Waals surface area contributed by atoms with E-state index in [0.717, 1.165) is 57.4 Å². The Labute approximate surface area is 126 Å². The summed E-state index contributed by atoms with van der Waals surface area (Å²) in [7, 11) is 2.14. The van der Waals surface area contributed by atoms with Crippen LogP contribution in [0.1, 0.15) is 31.2 Å². The van der Waals surface area contributed by atoms with Gasteiger partial charge in [0.15, 0.2) is 0 Å². The summed E-state index contributed by atoms with van der Waals surface area (Å²) in [6.45, 7) is 4.16. The minimum absolute atomic E-state index is 0.650. The molecule has 21 heavy (non-hydrogen) atoms. The number of piperazine rings is 1. The number of carboxylic acid groups (broad SMARTS) is 1. The van der Waals surface area contributed by atoms with Crippen LogP contribution in [0, 0.1) is 0 Å². The van der Waals surface area contributed by atoms with Crippen molar-refractivity contribution in [2.45, 2.75) is 31.1 Å². The first kappa shape index (κ1) is 14.4. The van der Waals surface area contributed by atoms with Crippen molar-refractivity contribution < 1.29 is 9.90 Å². The van der Waals surface area contributed by atoms with Crippen LogP contribution >= 0.6 is 0 Å². The van der Waals surface area contributed by atoms with Crippen molar-refractivity contribution in [2.24, 2.45) is 0 Å². The van der Waals surface area contributed by atoms with Gasteiger partial charge in [0.1, 0.15) is 0 Å². The van der Waals surface area contributed by atoms with Gasteiger partial charge in [-0.05, 0) is 37.6 Å². The van der Waals surface area contributed by atoms with Gasteiger partial charge in [-0.2, -0.15) is 0 Å². The van der Waals surface area contributed by atoms with Gasteiger partial charge < -0.3 is 14.9 Å². The highest BCUT2D eigenvalue weighted by Crippen LogP contribution is 2.42. The van der Waals surface area contributed by atoms with Crippen LogP contribution in [0.25, 0.3) is 0 Å². The average Bonchev–Trinajstić information content (AvgIpc) is 2.99. The van der Waals surface area contributed by atoms with Crippen LogP contribution in [0.4, 0.5) is 5.69 Å². The van der Waals surface area contributed by atoms with Crippen LogP contribution in [0.15, 0.2) is 24.3 Å². The summed E-state index contributed by atoms with van der Waals surface area (Å²) in [5.41, 5.74) is 1.51. The van der Waals surface area contributed by atoms with E-state index in [0.29, 0.717) is 0 Å². The molecule has 2 fully saturated rings. The Bertz CT molecular complexity index is 515. The van der Waals surface area contributed by atoms with Gasteiger partial charge in [0, 0.05) is 31.9 Å². The molecule has 4 nitrogen and oxygen atoms in total. The topological polar surface area (TPSA) is 43.8 Å². The number of aliphatic carboxylic acids is 1. The molecule has 1 aliphatic carbocycles. The second kappa shape index (κ2) is 5.68. The van der Waals surface area contributed by atoms with Gasteiger partial charge in [-0.25, -0.2) is 0 Å². The highest BCUT2D eigenvalue weighted by atomic mass is 16.4. The fourth-order valence-corrected chi connectivity index (χ4v) is 3.67. The van der Waals surface area contributed by atoms with E-state index in [-0.39, 0.29) is 0 Å². The molecule has 0 aromatic heterocycles. The molecule has 4 heteroatoms. The third-order valence-corrected chi connectivity index (χ3v) is 5.13. The van der Waals surface area contributed by atoms with E-state index in [1.807, 2.05) is 12.1 Å². The molecule has 0 amide bonds. The lowest BCUT2D eigenvalue weighted by Gasteiger charge is -2.35. The van der Waals surface area contributed by atoms with Crippen LogP contribution in [0.3, 0.4) is 0 Å². The van der Waals surface area contributed by atoms with Gasteiger partial charge in [0.25, 0.3) is 0 Å². The van der Waals surface area contributed by atoms with Crippen molar-refractivity contribution in [3.63, 3.8) is 0 Å². The normalized spacial score (nSPS) is 22.4. The minimum atomic E-state index is -0.657. The summed E-state index contributed by atoms with van der Waals surface area (Å²) in [6, 6.07) is 8.25. The summed E-state index contributed by atoms with van der Waals surface area (Å²) in [4.78, 5) is 16.5. The molecule has 1 aromatic carbocycles. The molecule has 0 spiro atoms. The maximum absolute atomic E-state index is 11.8. The number of rotatable bonds is 3. The first-order valence-electron chi connectivity index (χ1n) is 7.89. The number of likely N-dealkylation sites (N-methyl/N-ethyl adjacent to an activating group) is 1. The van der Waals surface area contributed by atoms with E-state index in [1.165, 1.54) is 5.69 Å². The van der Waals surface area contributed by atoms with Gasteiger partial charge in [0.2, 0.25) is 0 Å². The SMILES string of the molecule is CN1CCN(c2cccc(C3(C(=O)O)CCCC3)c2)CC1. The second-order valence-corrected chi connectivity index (χ2v) is 6.44. The number of carbonyl (C=O) groups is 1. The number of carboxylic acids is 1. The third-order valence-electron chi connectivity index (χ3n) is 5.13. The number of hydrogen-bond acceptors (Lipinski definition) is 3. The zero-order chi connectivity index (χ0) is 14.9. The Kier molecular flexibility index (Phi) is 3.89. The van der Waals surface area contributed by atoms with Crippen molar-refractivity contribution in [2.75, 3.05) is 38.1 Å². The number of nitrogens with zero attached hydrogens (tertiary/aromatic N) is 2. The molecular formula is C17H24N2O2. The highest BCUT2D eigenvalue weighted by Gasteiger charge is 2.43. The summed E-state index contributed by atoms with van der Waals surface area (Å²) in [5.74, 6) is -0.657. The van der Waals surface area contributed by atoms with Crippen LogP contribution in [-0.2, 0) is 10.2 Å². The fraction of sp³-hybridized carbons (Fsp3) is 0.588. The third kappa shape index (κ3) is 2.64. The van der Waals surface area contributed by atoms with Crippen molar-refractivity contribution in [1.29, 1.82) is 0 Å². The maximum Gasteiger partial charge on any atom is 0.314 e. The number of hydrogen-bond donors (Lipinski definition) is 1. The lowest BCUT2D eigenvalue weighted by atomic mass is 9.79. The van der Waals surface area contributed by atoms with Crippen LogP contribution in [0.5, 0.6) is 0 Å². The van der Waals surface area contributed by atoms with Gasteiger partial charge >= 0.3 is 5.97 Å². The largest absolute Gasteiger partial charge is 0.481 e. The van der Waals surface area contributed by atoms with Crippen LogP contribution < -0.4 is 4.90 Å². The molecule has 0 radical (unpaired) electrons. The van der Waals surface area contributed by atoms with Crippen molar-refractivity contribution in [3.8, 4) is 0 Å². The lowest BCUT2D eigenvalue weighted by molar-refractivity contribution is -0.143. The zero-order valence-electron chi connectivity index (χ0n) is 12.7. The standard InChI is InChI=1S/C17H24N2O2/c1-18-9-11-19(12-10-18)15-6-4-5-14(13-15)17(16(20)21)7-2-3-8-17/h4-6,13H,2-3,7-12H2,1H3,(H,20,21). The molecule has 1 aliphatic heterocycles. The summed E-state index contributed by atoms with van der Waals surface area (Å²) < 4.78 is 0. The van der Waals surface area contributed by atoms with Crippen molar-refractivity contribution in [1.82, 2.24) is 4.90 Å². The first-order chi connectivity index (χ1) is 10.1. The molecular weight excluding hydrogens is 264 g/mol. The Hall–Kier alpha value is -1.55. The quantitative estimate of drug-likeness (QED) is 0.927. The van der Waals surface area contributed by atoms with E-state index in [4.69, 9.17) is 0 Å². The van der Waals surface area contributed by atoms with E-state index in [9.17, 15) is 9.90 Å². The predicted molar refractivity (Wildman–Crippen MR) is 83.9 cm³/mol. The molecule has 114 valence electrons. The molecule has 1 aromatic rings. The highest BCUT2D eigenvalue weighted by molar-refractivity contribution is 5.82. The van der Waals surface area contributed by atoms with E-state index in [1.54, 1.807) is 0 Å². The smallest absolute Gasteiger partial charge is 0.314 e. The Balaban J connectivity index is 1.87.